The van der Waals surface area contributed by atoms with Gasteiger partial charge in [-0.2, -0.15) is 46.5 Å². The van der Waals surface area contributed by atoms with Gasteiger partial charge in [-0.25, -0.2) is 28.1 Å². The molecule has 450 valence electrons. The Balaban J connectivity index is 1.19. The fraction of sp³-hybridized carbons (Fsp3) is 0.333. The second-order valence-electron chi connectivity index (χ2n) is 21.0. The van der Waals surface area contributed by atoms with Gasteiger partial charge in [-0.15, -0.1) is 0 Å². The van der Waals surface area contributed by atoms with Gasteiger partial charge in [0, 0.05) is 56.3 Å². The van der Waals surface area contributed by atoms with Crippen molar-refractivity contribution in [3.05, 3.63) is 191 Å². The van der Waals surface area contributed by atoms with Crippen LogP contribution in [0.15, 0.2) is 154 Å². The highest BCUT2D eigenvalue weighted by atomic mass is 16.3. The van der Waals surface area contributed by atoms with Gasteiger partial charge in [0.05, 0.1) is 127 Å². The molecule has 87 heavy (non-hydrogen) atoms. The van der Waals surface area contributed by atoms with E-state index in [1.54, 1.807) is 124 Å². The summed E-state index contributed by atoms with van der Waals surface area (Å²) in [7, 11) is 0. The molecule has 0 bridgehead atoms. The van der Waals surface area contributed by atoms with Crippen LogP contribution in [0.5, 0.6) is 0 Å². The van der Waals surface area contributed by atoms with E-state index in [4.69, 9.17) is 0 Å². The molecule has 0 saturated carbocycles. The minimum Gasteiger partial charge on any atom is -0.395 e. The zero-order chi connectivity index (χ0) is 62.9. The molecule has 0 aliphatic rings. The number of anilines is 3. The quantitative estimate of drug-likeness (QED) is 0.0272. The summed E-state index contributed by atoms with van der Waals surface area (Å²) < 4.78 is 2.00. The number of hydrogen-bond donors (Lipinski definition) is 6. The zero-order valence-corrected chi connectivity index (χ0v) is 49.2. The average Bonchev–Trinajstić information content (AvgIpc) is 1.18. The maximum atomic E-state index is 14.6. The van der Waals surface area contributed by atoms with Gasteiger partial charge in [0.15, 0.2) is 0 Å². The first-order chi connectivity index (χ1) is 41.8. The molecule has 24 heteroatoms. The summed E-state index contributed by atoms with van der Waals surface area (Å²) in [5.41, 5.74) is 7.14. The molecule has 3 unspecified atom stereocenters. The van der Waals surface area contributed by atoms with Gasteiger partial charge in [0.25, 0.3) is 0 Å². The van der Waals surface area contributed by atoms with Gasteiger partial charge in [-0.05, 0) is 184 Å². The Bertz CT molecular complexity index is 3460. The number of aliphatic hydroxyl groups excluding tert-OH is 6. The monoisotopic (exact) mass is 1180 g/mol. The lowest BCUT2D eigenvalue weighted by molar-refractivity contribution is 0.132. The lowest BCUT2D eigenvalue weighted by Gasteiger charge is -2.29. The SMILES string of the molecule is Cc1cc(N(CCO)CC(O)Cn2c(=O)n(CC(O)CN(CCO)c3cc(C)c(N=Nc4ccc(C#N)cc4)c(C)c3)c(=O)n(CC(O)CN(CCO)c3cc(C)c(N=Nc4ccc(C#N)cc4)c(C)c3)c2=O)cc(C)c1N=Nc1ccc(C#N)cc1. The summed E-state index contributed by atoms with van der Waals surface area (Å²) in [5.74, 6) is 0. The summed E-state index contributed by atoms with van der Waals surface area (Å²) >= 11 is 0. The van der Waals surface area contributed by atoms with Crippen molar-refractivity contribution in [2.45, 2.75) is 79.5 Å². The van der Waals surface area contributed by atoms with E-state index in [2.05, 4.69) is 48.9 Å². The number of nitrogens with zero attached hydrogens (tertiary/aromatic N) is 15. The first-order valence-corrected chi connectivity index (χ1v) is 27.9. The Kier molecular flexibility index (Phi) is 22.5. The Morgan fingerprint density at radius 2 is 0.609 bits per heavy atom. The van der Waals surface area contributed by atoms with Crippen molar-refractivity contribution in [3.63, 3.8) is 0 Å². The lowest BCUT2D eigenvalue weighted by atomic mass is 10.1. The number of rotatable bonds is 27. The normalized spacial score (nSPS) is 12.5. The van der Waals surface area contributed by atoms with Crippen molar-refractivity contribution in [2.24, 2.45) is 30.7 Å². The average molecular weight is 1180 g/mol. The van der Waals surface area contributed by atoms with Crippen molar-refractivity contribution in [3.8, 4) is 18.2 Å². The van der Waals surface area contributed by atoms with Crippen LogP contribution in [-0.4, -0.2) is 122 Å². The van der Waals surface area contributed by atoms with E-state index in [0.29, 0.717) is 115 Å². The molecule has 3 atom stereocenters. The topological polar surface area (TPSA) is 343 Å². The molecule has 0 amide bonds. The van der Waals surface area contributed by atoms with Crippen LogP contribution < -0.4 is 31.8 Å². The maximum Gasteiger partial charge on any atom is 0.336 e. The van der Waals surface area contributed by atoms with Crippen molar-refractivity contribution < 1.29 is 30.6 Å². The van der Waals surface area contributed by atoms with E-state index in [1.165, 1.54) is 0 Å². The Hall–Kier alpha value is -9.84. The first-order valence-electron chi connectivity index (χ1n) is 27.9. The number of benzene rings is 6. The van der Waals surface area contributed by atoms with Crippen LogP contribution >= 0.6 is 0 Å². The Labute approximate surface area is 502 Å². The molecule has 7 aromatic rings. The lowest BCUT2D eigenvalue weighted by Crippen LogP contribution is -2.58. The van der Waals surface area contributed by atoms with Gasteiger partial charge >= 0.3 is 17.1 Å². The molecule has 1 heterocycles. The Morgan fingerprint density at radius 3 is 0.805 bits per heavy atom. The van der Waals surface area contributed by atoms with Crippen LogP contribution in [0.25, 0.3) is 0 Å². The van der Waals surface area contributed by atoms with E-state index in [0.717, 1.165) is 0 Å². The fourth-order valence-corrected chi connectivity index (χ4v) is 10.0. The van der Waals surface area contributed by atoms with Gasteiger partial charge < -0.3 is 45.3 Å². The minimum atomic E-state index is -1.50. The number of aryl methyl sites for hydroxylation is 6. The van der Waals surface area contributed by atoms with Crippen molar-refractivity contribution >= 4 is 51.2 Å². The van der Waals surface area contributed by atoms with E-state index in [-0.39, 0.29) is 59.1 Å². The van der Waals surface area contributed by atoms with Crippen LogP contribution in [0, 0.1) is 75.5 Å². The number of hydrogen-bond acceptors (Lipinski definition) is 21. The number of nitriles is 3. The van der Waals surface area contributed by atoms with Gasteiger partial charge in [-0.1, -0.05) is 0 Å². The molecule has 0 spiro atoms. The van der Waals surface area contributed by atoms with E-state index >= 15 is 0 Å². The standard InChI is InChI=1S/C63H69N15O9/c1-40-25-52(26-41(2)58(40)70-67-49-13-7-46(31-64)8-14-49)73(19-22-79)34-55(82)37-76-61(85)77(38-56(83)35-74(20-23-80)53-27-42(3)59(43(4)28-53)71-68-50-15-9-47(32-65)10-16-50)63(87)78(62(76)86)39-57(84)36-75(21-24-81)54-29-44(5)60(45(6)30-54)72-69-51-17-11-48(33-66)12-18-51/h7-18,25-30,55-57,79-84H,19-24,34-39H2,1-6H3. The van der Waals surface area contributed by atoms with Gasteiger partial charge in [0.1, 0.15) is 0 Å². The molecular formula is C63H69N15O9. The van der Waals surface area contributed by atoms with Crippen molar-refractivity contribution in [1.29, 1.82) is 15.8 Å². The molecule has 24 nitrogen and oxygen atoms in total. The predicted molar refractivity (Wildman–Crippen MR) is 329 cm³/mol. The van der Waals surface area contributed by atoms with E-state index in [9.17, 15) is 60.8 Å². The van der Waals surface area contributed by atoms with Crippen LogP contribution in [0.4, 0.5) is 51.2 Å². The van der Waals surface area contributed by atoms with E-state index in [1.807, 2.05) is 41.5 Å². The third kappa shape index (κ3) is 16.7. The highest BCUT2D eigenvalue weighted by Crippen LogP contribution is 2.34. The second-order valence-corrected chi connectivity index (χ2v) is 21.0. The molecule has 1 aromatic heterocycles. The third-order valence-corrected chi connectivity index (χ3v) is 14.3. The molecule has 0 fully saturated rings. The minimum absolute atomic E-state index is 0.0166. The molecule has 0 saturated heterocycles. The largest absolute Gasteiger partial charge is 0.395 e. The van der Waals surface area contributed by atoms with Crippen molar-refractivity contribution in [1.82, 2.24) is 13.7 Å². The van der Waals surface area contributed by atoms with Crippen LogP contribution in [0.3, 0.4) is 0 Å². The maximum absolute atomic E-state index is 14.6. The third-order valence-electron chi connectivity index (χ3n) is 14.3. The molecule has 6 N–H and O–H groups in total. The molecule has 0 aliphatic heterocycles. The van der Waals surface area contributed by atoms with Gasteiger partial charge in [0.2, 0.25) is 0 Å². The van der Waals surface area contributed by atoms with Crippen LogP contribution in [0.2, 0.25) is 0 Å². The summed E-state index contributed by atoms with van der Waals surface area (Å²) in [6.45, 7) is 7.22. The molecule has 6 aromatic carbocycles. The number of azo groups is 3. The van der Waals surface area contributed by atoms with Crippen LogP contribution in [-0.2, 0) is 19.6 Å². The van der Waals surface area contributed by atoms with Crippen LogP contribution in [0.1, 0.15) is 50.1 Å². The molecule has 0 aliphatic carbocycles. The predicted octanol–water partition coefficient (Wildman–Crippen LogP) is 7.46. The summed E-state index contributed by atoms with van der Waals surface area (Å²) in [4.78, 5) is 48.8. The smallest absolute Gasteiger partial charge is 0.336 e. The molecular weight excluding hydrogens is 1110 g/mol. The number of aliphatic hydroxyl groups is 6. The summed E-state index contributed by atoms with van der Waals surface area (Å²) in [6, 6.07) is 36.7. The first kappa shape index (κ1) is 64.7. The Morgan fingerprint density at radius 1 is 0.391 bits per heavy atom. The second kappa shape index (κ2) is 30.3. The van der Waals surface area contributed by atoms with Gasteiger partial charge in [-0.3, -0.25) is 0 Å². The highest BCUT2D eigenvalue weighted by Gasteiger charge is 2.26. The van der Waals surface area contributed by atoms with Crippen molar-refractivity contribution in [2.75, 3.05) is 73.8 Å². The highest BCUT2D eigenvalue weighted by molar-refractivity contribution is 5.65. The number of aromatic nitrogens is 3. The molecule has 0 radical (unpaired) electrons. The molecule has 7 rings (SSSR count). The zero-order valence-electron chi connectivity index (χ0n) is 49.2. The fourth-order valence-electron chi connectivity index (χ4n) is 10.0. The van der Waals surface area contributed by atoms with E-state index < -0.39 is 55.0 Å². The summed E-state index contributed by atoms with van der Waals surface area (Å²) in [6.07, 6.45) is -4.49. The summed E-state index contributed by atoms with van der Waals surface area (Å²) in [5, 5.41) is 120.